The predicted octanol–water partition coefficient (Wildman–Crippen LogP) is 0.643. The van der Waals surface area contributed by atoms with Gasteiger partial charge in [-0.2, -0.15) is 0 Å². The van der Waals surface area contributed by atoms with E-state index in [0.717, 1.165) is 69.4 Å². The number of carbonyl (C=O) groups excluding carboxylic acids is 2. The van der Waals surface area contributed by atoms with E-state index in [9.17, 15) is 9.59 Å². The van der Waals surface area contributed by atoms with Gasteiger partial charge in [-0.1, -0.05) is 12.1 Å². The molecule has 158 valence electrons. The molecule has 3 rings (SSSR count). The van der Waals surface area contributed by atoms with Crippen molar-refractivity contribution in [3.05, 3.63) is 29.8 Å². The summed E-state index contributed by atoms with van der Waals surface area (Å²) in [4.78, 5) is 33.6. The molecule has 2 heterocycles. The summed E-state index contributed by atoms with van der Waals surface area (Å²) in [5, 5.41) is 6.68. The fraction of sp³-hybridized carbons (Fsp3) is 0.571. The third-order valence-corrected chi connectivity index (χ3v) is 5.54. The second kappa shape index (κ2) is 10.2. The lowest BCUT2D eigenvalue weighted by Gasteiger charge is -2.34. The van der Waals surface area contributed by atoms with Crippen molar-refractivity contribution in [3.8, 4) is 0 Å². The van der Waals surface area contributed by atoms with E-state index in [4.69, 9.17) is 0 Å². The molecule has 0 unspecified atom stereocenters. The second-order valence-corrected chi connectivity index (χ2v) is 7.52. The molecule has 1 aromatic carbocycles. The Morgan fingerprint density at radius 1 is 1.07 bits per heavy atom. The molecule has 2 saturated heterocycles. The van der Waals surface area contributed by atoms with Crippen molar-refractivity contribution in [1.82, 2.24) is 20.4 Å². The van der Waals surface area contributed by atoms with Gasteiger partial charge < -0.3 is 20.4 Å². The highest BCUT2D eigenvalue weighted by molar-refractivity contribution is 5.95. The van der Waals surface area contributed by atoms with Crippen LogP contribution in [0.4, 0.5) is 5.69 Å². The summed E-state index contributed by atoms with van der Waals surface area (Å²) in [5.41, 5.74) is 2.12. The number of carbonyl (C=O) groups is 2. The Morgan fingerprint density at radius 2 is 1.79 bits per heavy atom. The minimum absolute atomic E-state index is 0.160. The summed E-state index contributed by atoms with van der Waals surface area (Å²) < 4.78 is 0. The van der Waals surface area contributed by atoms with Crippen LogP contribution in [0.15, 0.2) is 29.3 Å². The van der Waals surface area contributed by atoms with Crippen LogP contribution in [0.2, 0.25) is 0 Å². The van der Waals surface area contributed by atoms with Crippen LogP contribution in [0, 0.1) is 0 Å². The van der Waals surface area contributed by atoms with Gasteiger partial charge in [0.2, 0.25) is 11.8 Å². The van der Waals surface area contributed by atoms with Crippen LogP contribution < -0.4 is 15.5 Å². The van der Waals surface area contributed by atoms with Crippen LogP contribution >= 0.6 is 0 Å². The van der Waals surface area contributed by atoms with Gasteiger partial charge >= 0.3 is 0 Å². The number of nitrogens with zero attached hydrogens (tertiary/aromatic N) is 4. The van der Waals surface area contributed by atoms with Crippen molar-refractivity contribution in [2.75, 3.05) is 57.8 Å². The molecule has 0 saturated carbocycles. The normalized spacial score (nSPS) is 18.3. The number of hydrogen-bond donors (Lipinski definition) is 2. The van der Waals surface area contributed by atoms with Gasteiger partial charge in [0.25, 0.3) is 0 Å². The number of aliphatic imine (C=N–C) groups is 1. The first-order chi connectivity index (χ1) is 14.1. The highest BCUT2D eigenvalue weighted by atomic mass is 16.2. The zero-order chi connectivity index (χ0) is 20.6. The molecule has 2 N–H and O–H groups in total. The fourth-order valence-corrected chi connectivity index (χ4v) is 3.74. The van der Waals surface area contributed by atoms with Crippen molar-refractivity contribution in [3.63, 3.8) is 0 Å². The van der Waals surface area contributed by atoms with Crippen LogP contribution in [0.5, 0.6) is 0 Å². The molecule has 0 aromatic heterocycles. The van der Waals surface area contributed by atoms with Gasteiger partial charge in [-0.15, -0.1) is 0 Å². The van der Waals surface area contributed by atoms with Crippen molar-refractivity contribution < 1.29 is 9.59 Å². The molecule has 0 aliphatic carbocycles. The van der Waals surface area contributed by atoms with Crippen molar-refractivity contribution in [2.24, 2.45) is 4.99 Å². The highest BCUT2D eigenvalue weighted by Crippen LogP contribution is 2.21. The van der Waals surface area contributed by atoms with E-state index in [-0.39, 0.29) is 11.8 Å². The first kappa shape index (κ1) is 21.1. The minimum atomic E-state index is 0.160. The summed E-state index contributed by atoms with van der Waals surface area (Å²) >= 11 is 0. The molecule has 0 atom stereocenters. The number of guanidine groups is 1. The Bertz CT molecular complexity index is 725. The number of amides is 2. The summed E-state index contributed by atoms with van der Waals surface area (Å²) in [6, 6.07) is 8.12. The van der Waals surface area contributed by atoms with E-state index in [2.05, 4.69) is 32.7 Å². The Hall–Kier alpha value is -2.61. The highest BCUT2D eigenvalue weighted by Gasteiger charge is 2.21. The number of hydrogen-bond acceptors (Lipinski definition) is 4. The number of piperazine rings is 1. The maximum atomic E-state index is 11.8. The third-order valence-electron chi connectivity index (χ3n) is 5.54. The summed E-state index contributed by atoms with van der Waals surface area (Å²) in [6.45, 7) is 8.29. The lowest BCUT2D eigenvalue weighted by atomic mass is 10.2. The lowest BCUT2D eigenvalue weighted by molar-refractivity contribution is -0.130. The van der Waals surface area contributed by atoms with E-state index in [0.29, 0.717) is 13.0 Å². The van der Waals surface area contributed by atoms with E-state index in [1.807, 2.05) is 21.9 Å². The molecule has 29 heavy (non-hydrogen) atoms. The number of anilines is 1. The van der Waals surface area contributed by atoms with Gasteiger partial charge in [0.05, 0.1) is 0 Å². The molecule has 2 amide bonds. The first-order valence-electron chi connectivity index (χ1n) is 10.4. The Morgan fingerprint density at radius 3 is 2.38 bits per heavy atom. The van der Waals surface area contributed by atoms with E-state index >= 15 is 0 Å². The van der Waals surface area contributed by atoms with Gasteiger partial charge in [0.1, 0.15) is 0 Å². The first-order valence-corrected chi connectivity index (χ1v) is 10.4. The Balaban J connectivity index is 1.37. The van der Waals surface area contributed by atoms with Crippen LogP contribution in [0.3, 0.4) is 0 Å². The van der Waals surface area contributed by atoms with E-state index in [1.54, 1.807) is 14.0 Å². The molecule has 2 fully saturated rings. The summed E-state index contributed by atoms with van der Waals surface area (Å²) in [6.07, 6.45) is 1.59. The molecular formula is C21H32N6O2. The SMILES string of the molecule is CN=C(NCCN1CCN(C(C)=O)CC1)NCc1ccc(N2CCCC2=O)cc1. The molecular weight excluding hydrogens is 368 g/mol. The number of nitrogens with one attached hydrogen (secondary N) is 2. The van der Waals surface area contributed by atoms with E-state index < -0.39 is 0 Å². The van der Waals surface area contributed by atoms with Crippen molar-refractivity contribution in [1.29, 1.82) is 0 Å². The van der Waals surface area contributed by atoms with Crippen molar-refractivity contribution >= 4 is 23.5 Å². The van der Waals surface area contributed by atoms with Gasteiger partial charge in [0, 0.05) is 78.4 Å². The predicted molar refractivity (Wildman–Crippen MR) is 115 cm³/mol. The molecule has 0 radical (unpaired) electrons. The molecule has 1 aromatic rings. The van der Waals surface area contributed by atoms with Gasteiger partial charge in [-0.3, -0.25) is 19.5 Å². The molecule has 8 heteroatoms. The second-order valence-electron chi connectivity index (χ2n) is 7.52. The Kier molecular flexibility index (Phi) is 7.46. The van der Waals surface area contributed by atoms with Crippen LogP contribution in [0.1, 0.15) is 25.3 Å². The van der Waals surface area contributed by atoms with Gasteiger partial charge in [-0.05, 0) is 24.1 Å². The van der Waals surface area contributed by atoms with Gasteiger partial charge in [0.15, 0.2) is 5.96 Å². The van der Waals surface area contributed by atoms with Crippen molar-refractivity contribution in [2.45, 2.75) is 26.3 Å². The molecule has 8 nitrogen and oxygen atoms in total. The minimum Gasteiger partial charge on any atom is -0.355 e. The average Bonchev–Trinajstić information content (AvgIpc) is 3.17. The topological polar surface area (TPSA) is 80.3 Å². The molecule has 2 aliphatic heterocycles. The largest absolute Gasteiger partial charge is 0.355 e. The summed E-state index contributed by atoms with van der Waals surface area (Å²) in [7, 11) is 1.77. The molecule has 0 bridgehead atoms. The van der Waals surface area contributed by atoms with Gasteiger partial charge in [-0.25, -0.2) is 0 Å². The smallest absolute Gasteiger partial charge is 0.227 e. The maximum Gasteiger partial charge on any atom is 0.227 e. The maximum absolute atomic E-state index is 11.8. The Labute approximate surface area is 172 Å². The van der Waals surface area contributed by atoms with Crippen LogP contribution in [0.25, 0.3) is 0 Å². The quantitative estimate of drug-likeness (QED) is 0.541. The summed E-state index contributed by atoms with van der Waals surface area (Å²) in [5.74, 6) is 1.14. The lowest BCUT2D eigenvalue weighted by Crippen LogP contribution is -2.50. The zero-order valence-corrected chi connectivity index (χ0v) is 17.5. The van der Waals surface area contributed by atoms with Crippen LogP contribution in [-0.4, -0.2) is 80.4 Å². The monoisotopic (exact) mass is 400 g/mol. The molecule has 2 aliphatic rings. The van der Waals surface area contributed by atoms with Crippen LogP contribution in [-0.2, 0) is 16.1 Å². The average molecular weight is 401 g/mol. The number of benzene rings is 1. The third kappa shape index (κ3) is 5.93. The fourth-order valence-electron chi connectivity index (χ4n) is 3.74. The molecule has 0 spiro atoms. The van der Waals surface area contributed by atoms with E-state index in [1.165, 1.54) is 0 Å². The zero-order valence-electron chi connectivity index (χ0n) is 17.5. The number of rotatable bonds is 6. The standard InChI is InChI=1S/C21H32N6O2/c1-17(28)26-14-12-25(13-15-26)11-9-23-21(22-2)24-16-18-5-7-19(8-6-18)27-10-3-4-20(27)29/h5-8H,3-4,9-16H2,1-2H3,(H2,22,23,24).